The van der Waals surface area contributed by atoms with Crippen molar-refractivity contribution < 1.29 is 35.4 Å². The first kappa shape index (κ1) is 17.2. The van der Waals surface area contributed by atoms with Crippen LogP contribution in [0.1, 0.15) is 16.7 Å². The lowest BCUT2D eigenvalue weighted by atomic mass is 9.80. The Bertz CT molecular complexity index is 1140. The Hall–Kier alpha value is -3.61. The smallest absolute Gasteiger partial charge is 0.202 e. The fourth-order valence-corrected chi connectivity index (χ4v) is 2.91. The number of carbonyl (C=O) groups is 1. The van der Waals surface area contributed by atoms with E-state index < -0.39 is 34.5 Å². The van der Waals surface area contributed by atoms with Crippen LogP contribution in [0.4, 0.5) is 0 Å². The van der Waals surface area contributed by atoms with Gasteiger partial charge in [0.05, 0.1) is 21.9 Å². The SMILES string of the molecule is C=c1cc(O)/c(=C2/C(=O)C(c3c(O)cc(O)c(C)c3O)=C2O)c(O)c1C. The number of Topliss-reactive ketones (excluding diaryl/α,β-unsaturated/α-hetero) is 1. The summed E-state index contributed by atoms with van der Waals surface area (Å²) in [6.45, 7) is 6.55. The summed E-state index contributed by atoms with van der Waals surface area (Å²) in [5.41, 5.74) is -0.722. The third-order valence-electron chi connectivity index (χ3n) is 4.57. The highest BCUT2D eigenvalue weighted by atomic mass is 16.3. The zero-order valence-electron chi connectivity index (χ0n) is 14.0. The second kappa shape index (κ2) is 5.45. The van der Waals surface area contributed by atoms with E-state index >= 15 is 0 Å². The molecule has 6 N–H and O–H groups in total. The van der Waals surface area contributed by atoms with Crippen molar-refractivity contribution in [2.45, 2.75) is 13.8 Å². The van der Waals surface area contributed by atoms with E-state index in [2.05, 4.69) is 6.58 Å². The largest absolute Gasteiger partial charge is 0.507 e. The van der Waals surface area contributed by atoms with Crippen LogP contribution in [0.25, 0.3) is 17.7 Å². The van der Waals surface area contributed by atoms with Crippen molar-refractivity contribution in [3.8, 4) is 28.7 Å². The number of allylic oxidation sites excluding steroid dienone is 2. The molecular formula is C19H16O7. The minimum Gasteiger partial charge on any atom is -0.507 e. The molecule has 0 spiro atoms. The molecule has 0 saturated heterocycles. The number of aliphatic hydroxyl groups excluding tert-OH is 1. The molecule has 134 valence electrons. The van der Waals surface area contributed by atoms with E-state index in [9.17, 15) is 35.4 Å². The normalized spacial score (nSPS) is 16.0. The van der Waals surface area contributed by atoms with Crippen LogP contribution in [0.3, 0.4) is 0 Å². The van der Waals surface area contributed by atoms with E-state index in [0.29, 0.717) is 10.8 Å². The Labute approximate surface area is 147 Å². The molecule has 0 bridgehead atoms. The predicted molar refractivity (Wildman–Crippen MR) is 93.4 cm³/mol. The Morgan fingerprint density at radius 1 is 0.769 bits per heavy atom. The van der Waals surface area contributed by atoms with Gasteiger partial charge in [-0.25, -0.2) is 0 Å². The summed E-state index contributed by atoms with van der Waals surface area (Å²) in [5.74, 6) is -3.78. The predicted octanol–water partition coefficient (Wildman–Crippen LogP) is 0.944. The van der Waals surface area contributed by atoms with Gasteiger partial charge in [-0.15, -0.1) is 0 Å². The topological polar surface area (TPSA) is 138 Å². The van der Waals surface area contributed by atoms with Crippen molar-refractivity contribution >= 4 is 23.5 Å². The summed E-state index contributed by atoms with van der Waals surface area (Å²) in [6.07, 6.45) is 0. The third kappa shape index (κ3) is 2.10. The number of carbonyl (C=O) groups excluding carboxylic acids is 1. The van der Waals surface area contributed by atoms with Gasteiger partial charge in [-0.3, -0.25) is 4.79 Å². The lowest BCUT2D eigenvalue weighted by Crippen LogP contribution is -2.28. The number of phenols is 5. The van der Waals surface area contributed by atoms with Gasteiger partial charge in [0.1, 0.15) is 34.5 Å². The van der Waals surface area contributed by atoms with Gasteiger partial charge in [-0.2, -0.15) is 0 Å². The van der Waals surface area contributed by atoms with E-state index in [0.717, 1.165) is 6.07 Å². The van der Waals surface area contributed by atoms with Crippen LogP contribution in [0, 0.1) is 13.8 Å². The molecule has 0 aromatic heterocycles. The molecule has 0 amide bonds. The first-order valence-corrected chi connectivity index (χ1v) is 7.55. The number of benzene rings is 2. The third-order valence-corrected chi connectivity index (χ3v) is 4.57. The number of aliphatic hydroxyl groups is 1. The molecule has 0 radical (unpaired) electrons. The standard InChI is InChI=1S/C19H16O7/c1-6-4-10(21)12(16(23)7(6)2)14-18(25)15(19(14)26)13-11(22)5-9(20)8(3)17(13)24/h4-5,20-25H,1H2,2-3H3/b14-12-. The quantitative estimate of drug-likeness (QED) is 0.447. The molecule has 0 fully saturated rings. The van der Waals surface area contributed by atoms with Crippen LogP contribution in [-0.2, 0) is 4.79 Å². The van der Waals surface area contributed by atoms with E-state index in [-0.39, 0.29) is 33.2 Å². The first-order valence-electron chi connectivity index (χ1n) is 7.55. The highest BCUT2D eigenvalue weighted by molar-refractivity contribution is 6.52. The van der Waals surface area contributed by atoms with Crippen LogP contribution in [0.2, 0.25) is 0 Å². The second-order valence-corrected chi connectivity index (χ2v) is 6.09. The number of rotatable bonds is 1. The second-order valence-electron chi connectivity index (χ2n) is 6.09. The maximum absolute atomic E-state index is 12.6. The molecule has 0 atom stereocenters. The molecule has 0 unspecified atom stereocenters. The molecular weight excluding hydrogens is 340 g/mol. The highest BCUT2D eigenvalue weighted by Gasteiger charge is 2.40. The maximum atomic E-state index is 12.6. The average molecular weight is 356 g/mol. The van der Waals surface area contributed by atoms with Gasteiger partial charge in [0.25, 0.3) is 0 Å². The molecule has 26 heavy (non-hydrogen) atoms. The molecule has 3 rings (SSSR count). The van der Waals surface area contributed by atoms with E-state index in [1.165, 1.54) is 19.9 Å². The molecule has 2 aromatic carbocycles. The Kier molecular flexibility index (Phi) is 3.61. The van der Waals surface area contributed by atoms with Crippen molar-refractivity contribution in [2.75, 3.05) is 0 Å². The summed E-state index contributed by atoms with van der Waals surface area (Å²) in [5, 5.41) is 60.5. The molecule has 0 saturated carbocycles. The van der Waals surface area contributed by atoms with Crippen molar-refractivity contribution in [1.29, 1.82) is 0 Å². The lowest BCUT2D eigenvalue weighted by molar-refractivity contribution is -0.110. The van der Waals surface area contributed by atoms with Crippen LogP contribution >= 0.6 is 0 Å². The Balaban J connectivity index is 2.39. The van der Waals surface area contributed by atoms with E-state index in [4.69, 9.17) is 0 Å². The molecule has 7 nitrogen and oxygen atoms in total. The highest BCUT2D eigenvalue weighted by Crippen LogP contribution is 2.47. The minimum absolute atomic E-state index is 0.0160. The van der Waals surface area contributed by atoms with Gasteiger partial charge in [-0.1, -0.05) is 6.58 Å². The van der Waals surface area contributed by atoms with Crippen molar-refractivity contribution in [3.63, 3.8) is 0 Å². The number of hydrogen-bond donors (Lipinski definition) is 6. The maximum Gasteiger partial charge on any atom is 0.202 e. The zero-order valence-corrected chi connectivity index (χ0v) is 14.0. The number of phenolic OH excluding ortho intramolecular Hbond substituents is 5. The molecule has 1 aliphatic rings. The number of hydrogen-bond acceptors (Lipinski definition) is 7. The number of ketones is 1. The molecule has 0 aliphatic heterocycles. The summed E-state index contributed by atoms with van der Waals surface area (Å²) in [6, 6.07) is 2.18. The monoisotopic (exact) mass is 356 g/mol. The summed E-state index contributed by atoms with van der Waals surface area (Å²) in [7, 11) is 0. The van der Waals surface area contributed by atoms with E-state index in [1.54, 1.807) is 0 Å². The number of aromatic hydroxyl groups is 5. The average Bonchev–Trinajstić information content (AvgIpc) is 2.58. The first-order chi connectivity index (χ1) is 12.1. The zero-order chi connectivity index (χ0) is 19.5. The lowest BCUT2D eigenvalue weighted by Gasteiger charge is -2.24. The van der Waals surface area contributed by atoms with Crippen molar-refractivity contribution in [3.05, 3.63) is 45.0 Å². The van der Waals surface area contributed by atoms with Gasteiger partial charge in [0, 0.05) is 11.6 Å². The van der Waals surface area contributed by atoms with Crippen molar-refractivity contribution in [2.24, 2.45) is 0 Å². The fourth-order valence-electron chi connectivity index (χ4n) is 2.91. The van der Waals surface area contributed by atoms with Crippen LogP contribution in [0.5, 0.6) is 28.7 Å². The van der Waals surface area contributed by atoms with E-state index in [1.807, 2.05) is 0 Å². The summed E-state index contributed by atoms with van der Waals surface area (Å²) < 4.78 is 0. The molecule has 2 aromatic rings. The Morgan fingerprint density at radius 2 is 1.38 bits per heavy atom. The minimum atomic E-state index is -0.792. The molecule has 0 heterocycles. The van der Waals surface area contributed by atoms with Gasteiger partial charge in [-0.05, 0) is 30.7 Å². The van der Waals surface area contributed by atoms with Gasteiger partial charge < -0.3 is 30.6 Å². The molecule has 1 aliphatic carbocycles. The van der Waals surface area contributed by atoms with Crippen LogP contribution in [0.15, 0.2) is 17.9 Å². The Morgan fingerprint density at radius 3 is 1.96 bits per heavy atom. The van der Waals surface area contributed by atoms with Crippen molar-refractivity contribution in [1.82, 2.24) is 0 Å². The van der Waals surface area contributed by atoms with Gasteiger partial charge >= 0.3 is 0 Å². The summed E-state index contributed by atoms with van der Waals surface area (Å²) >= 11 is 0. The van der Waals surface area contributed by atoms with Gasteiger partial charge in [0.15, 0.2) is 0 Å². The van der Waals surface area contributed by atoms with Crippen LogP contribution < -0.4 is 10.4 Å². The fraction of sp³-hybridized carbons (Fsp3) is 0.105. The van der Waals surface area contributed by atoms with Crippen LogP contribution in [-0.4, -0.2) is 36.4 Å². The summed E-state index contributed by atoms with van der Waals surface area (Å²) in [4.78, 5) is 12.6. The molecule has 7 heteroatoms. The van der Waals surface area contributed by atoms with Gasteiger partial charge in [0.2, 0.25) is 5.78 Å².